The molecule has 0 atom stereocenters. The highest BCUT2D eigenvalue weighted by atomic mass is 16.5. The summed E-state index contributed by atoms with van der Waals surface area (Å²) in [6, 6.07) is 1.86. The largest absolute Gasteiger partial charge is 0.494 e. The molecule has 0 aliphatic rings. The van der Waals surface area contributed by atoms with Gasteiger partial charge in [-0.25, -0.2) is 4.98 Å². The summed E-state index contributed by atoms with van der Waals surface area (Å²) in [7, 11) is 5.22. The third-order valence-electron chi connectivity index (χ3n) is 5.54. The predicted octanol–water partition coefficient (Wildman–Crippen LogP) is 2.89. The van der Waals surface area contributed by atoms with Crippen molar-refractivity contribution in [3.05, 3.63) is 53.7 Å². The minimum Gasteiger partial charge on any atom is -0.494 e. The second kappa shape index (κ2) is 5.69. The van der Waals surface area contributed by atoms with Gasteiger partial charge in [0.05, 0.1) is 54.0 Å². The summed E-state index contributed by atoms with van der Waals surface area (Å²) in [5.41, 5.74) is 5.40. The van der Waals surface area contributed by atoms with Crippen LogP contribution in [0.15, 0.2) is 52.5 Å². The number of rotatable bonds is 2. The van der Waals surface area contributed by atoms with Crippen LogP contribution in [0.2, 0.25) is 0 Å². The van der Waals surface area contributed by atoms with E-state index in [9.17, 15) is 4.79 Å². The van der Waals surface area contributed by atoms with Crippen LogP contribution in [0.25, 0.3) is 49.7 Å². The molecule has 0 unspecified atom stereocenters. The zero-order valence-corrected chi connectivity index (χ0v) is 16.4. The van der Waals surface area contributed by atoms with Gasteiger partial charge in [0.1, 0.15) is 22.7 Å². The number of aromatic nitrogens is 6. The maximum absolute atomic E-state index is 13.5. The van der Waals surface area contributed by atoms with Gasteiger partial charge in [-0.2, -0.15) is 5.10 Å². The Kier molecular flexibility index (Phi) is 3.18. The molecule has 0 fully saturated rings. The van der Waals surface area contributed by atoms with E-state index >= 15 is 0 Å². The quantitative estimate of drug-likeness (QED) is 0.444. The first-order chi connectivity index (χ1) is 14.6. The van der Waals surface area contributed by atoms with Crippen molar-refractivity contribution in [2.24, 2.45) is 14.1 Å². The molecule has 6 rings (SSSR count). The molecule has 0 saturated heterocycles. The summed E-state index contributed by atoms with van der Waals surface area (Å²) in [4.78, 5) is 22.3. The highest BCUT2D eigenvalue weighted by Crippen LogP contribution is 2.42. The van der Waals surface area contributed by atoms with Crippen molar-refractivity contribution in [3.63, 3.8) is 0 Å². The van der Waals surface area contributed by atoms with Gasteiger partial charge in [0.15, 0.2) is 11.3 Å². The van der Waals surface area contributed by atoms with Gasteiger partial charge in [0, 0.05) is 25.9 Å². The van der Waals surface area contributed by atoms with Crippen LogP contribution in [-0.4, -0.2) is 35.8 Å². The minimum absolute atomic E-state index is 0.173. The number of hydrogen-bond donors (Lipinski definition) is 0. The molecule has 0 saturated carbocycles. The lowest BCUT2D eigenvalue weighted by Gasteiger charge is -2.16. The summed E-state index contributed by atoms with van der Waals surface area (Å²) in [6.45, 7) is 0. The molecule has 30 heavy (non-hydrogen) atoms. The third-order valence-corrected chi connectivity index (χ3v) is 5.54. The number of pyridine rings is 1. The second-order valence-electron chi connectivity index (χ2n) is 7.19. The Morgan fingerprint density at radius 2 is 2.00 bits per heavy atom. The van der Waals surface area contributed by atoms with Crippen LogP contribution in [0.4, 0.5) is 0 Å². The number of aryl methyl sites for hydroxylation is 2. The molecule has 0 amide bonds. The molecular weight excluding hydrogens is 384 g/mol. The SMILES string of the molecule is COc1c(-c2cnn(C)c2)c2c3c(c(=O)n2C)c2occnc2cc2cncc1n23. The van der Waals surface area contributed by atoms with Crippen molar-refractivity contribution < 1.29 is 9.15 Å². The highest BCUT2D eigenvalue weighted by molar-refractivity contribution is 6.14. The van der Waals surface area contributed by atoms with E-state index in [1.54, 1.807) is 48.2 Å². The summed E-state index contributed by atoms with van der Waals surface area (Å²) in [5, 5.41) is 4.77. The van der Waals surface area contributed by atoms with Gasteiger partial charge in [0.25, 0.3) is 5.56 Å². The van der Waals surface area contributed by atoms with Gasteiger partial charge in [-0.15, -0.1) is 0 Å². The van der Waals surface area contributed by atoms with Gasteiger partial charge in [-0.05, 0) is 6.07 Å². The summed E-state index contributed by atoms with van der Waals surface area (Å²) in [5.74, 6) is 0.612. The van der Waals surface area contributed by atoms with Crippen molar-refractivity contribution in [3.8, 4) is 16.9 Å². The molecule has 148 valence electrons. The number of fused-ring (bicyclic) bond motifs is 2. The fraction of sp³-hybridized carbons (Fsp3) is 0.143. The number of methoxy groups -OCH3 is 1. The van der Waals surface area contributed by atoms with Crippen LogP contribution < -0.4 is 10.3 Å². The fourth-order valence-corrected chi connectivity index (χ4v) is 4.33. The van der Waals surface area contributed by atoms with Crippen LogP contribution in [0.1, 0.15) is 0 Å². The lowest BCUT2D eigenvalue weighted by Crippen LogP contribution is -2.10. The van der Waals surface area contributed by atoms with E-state index in [-0.39, 0.29) is 5.56 Å². The first-order valence-electron chi connectivity index (χ1n) is 9.30. The minimum atomic E-state index is -0.173. The van der Waals surface area contributed by atoms with Crippen molar-refractivity contribution in [2.75, 3.05) is 7.11 Å². The van der Waals surface area contributed by atoms with Gasteiger partial charge < -0.3 is 18.1 Å². The van der Waals surface area contributed by atoms with E-state index in [1.165, 1.54) is 6.26 Å². The fourth-order valence-electron chi connectivity index (χ4n) is 4.33. The molecule has 6 aromatic heterocycles. The molecule has 6 heterocycles. The van der Waals surface area contributed by atoms with Gasteiger partial charge in [0.2, 0.25) is 0 Å². The maximum Gasteiger partial charge on any atom is 0.264 e. The topological polar surface area (TPSA) is 92.4 Å². The molecule has 0 aliphatic heterocycles. The molecule has 0 spiro atoms. The average Bonchev–Trinajstić information content (AvgIpc) is 3.24. The summed E-state index contributed by atoms with van der Waals surface area (Å²) in [6.07, 6.45) is 10.2. The molecule has 9 nitrogen and oxygen atoms in total. The Hall–Kier alpha value is -4.14. The van der Waals surface area contributed by atoms with Crippen LogP contribution in [-0.2, 0) is 14.1 Å². The molecule has 0 aromatic carbocycles. The Bertz CT molecular complexity index is 1680. The standard InChI is InChI=1S/C21H16N6O3/c1-25-10-11(7-24-25)15-17-18-16(21(28)26(17)2)19-13(23-4-5-30-19)6-12-8-22-9-14(27(12)18)20(15)29-3/h4-10H,1-3H3. The molecule has 0 N–H and O–H groups in total. The molecular formula is C21H16N6O3. The van der Waals surface area contributed by atoms with Crippen LogP contribution in [0.5, 0.6) is 5.75 Å². The number of nitrogens with zero attached hydrogens (tertiary/aromatic N) is 6. The monoisotopic (exact) mass is 400 g/mol. The Balaban J connectivity index is 2.06. The number of hydrogen-bond acceptors (Lipinski definition) is 6. The van der Waals surface area contributed by atoms with Crippen LogP contribution in [0.3, 0.4) is 0 Å². The second-order valence-corrected chi connectivity index (χ2v) is 7.19. The molecule has 9 heteroatoms. The normalized spacial score (nSPS) is 12.0. The third kappa shape index (κ3) is 1.96. The molecule has 0 bridgehead atoms. The van der Waals surface area contributed by atoms with Crippen molar-refractivity contribution >= 4 is 38.6 Å². The maximum atomic E-state index is 13.5. The van der Waals surface area contributed by atoms with E-state index < -0.39 is 0 Å². The smallest absolute Gasteiger partial charge is 0.264 e. The Labute approximate surface area is 168 Å². The van der Waals surface area contributed by atoms with Crippen molar-refractivity contribution in [2.45, 2.75) is 0 Å². The molecule has 0 aliphatic carbocycles. The lowest BCUT2D eigenvalue weighted by molar-refractivity contribution is 0.420. The van der Waals surface area contributed by atoms with E-state index in [2.05, 4.69) is 15.1 Å². The van der Waals surface area contributed by atoms with Gasteiger partial charge in [-0.3, -0.25) is 14.5 Å². The zero-order valence-electron chi connectivity index (χ0n) is 16.4. The van der Waals surface area contributed by atoms with E-state index in [4.69, 9.17) is 9.15 Å². The zero-order chi connectivity index (χ0) is 20.6. The summed E-state index contributed by atoms with van der Waals surface area (Å²) >= 11 is 0. The van der Waals surface area contributed by atoms with Crippen LogP contribution in [0, 0.1) is 0 Å². The van der Waals surface area contributed by atoms with E-state index in [0.29, 0.717) is 22.2 Å². The average molecular weight is 400 g/mol. The number of ether oxygens (including phenoxy) is 1. The Morgan fingerprint density at radius 1 is 1.13 bits per heavy atom. The predicted molar refractivity (Wildman–Crippen MR) is 112 cm³/mol. The highest BCUT2D eigenvalue weighted by Gasteiger charge is 2.26. The summed E-state index contributed by atoms with van der Waals surface area (Å²) < 4.78 is 17.0. The first-order valence-corrected chi connectivity index (χ1v) is 9.30. The lowest BCUT2D eigenvalue weighted by atomic mass is 10.1. The Morgan fingerprint density at radius 3 is 2.77 bits per heavy atom. The first kappa shape index (κ1) is 16.8. The van der Waals surface area contributed by atoms with Crippen LogP contribution >= 0.6 is 0 Å². The van der Waals surface area contributed by atoms with Crippen molar-refractivity contribution in [1.82, 2.24) is 28.7 Å². The molecule has 6 aromatic rings. The van der Waals surface area contributed by atoms with E-state index in [0.717, 1.165) is 33.2 Å². The van der Waals surface area contributed by atoms with Crippen molar-refractivity contribution in [1.29, 1.82) is 0 Å². The van der Waals surface area contributed by atoms with E-state index in [1.807, 2.05) is 23.7 Å². The van der Waals surface area contributed by atoms with Gasteiger partial charge >= 0.3 is 0 Å². The molecule has 0 radical (unpaired) electrons. The van der Waals surface area contributed by atoms with Gasteiger partial charge in [-0.1, -0.05) is 0 Å².